The van der Waals surface area contributed by atoms with E-state index in [9.17, 15) is 9.59 Å². The predicted octanol–water partition coefficient (Wildman–Crippen LogP) is 5.99. The Balaban J connectivity index is 0.00000186. The Hall–Kier alpha value is -3.45. The van der Waals surface area contributed by atoms with Gasteiger partial charge in [-0.3, -0.25) is 15.1 Å². The van der Waals surface area contributed by atoms with E-state index in [2.05, 4.69) is 15.6 Å². The zero-order valence-corrected chi connectivity index (χ0v) is 22.5. The third-order valence-corrected chi connectivity index (χ3v) is 6.97. The molecule has 8 nitrogen and oxygen atoms in total. The van der Waals surface area contributed by atoms with Crippen LogP contribution in [0.4, 0.5) is 14.9 Å². The number of carbonyl (C=O) groups is 2. The number of nitrogens with zero attached hydrogens (tertiary/aromatic N) is 3. The van der Waals surface area contributed by atoms with E-state index in [1.165, 1.54) is 42.2 Å². The second kappa shape index (κ2) is 11.7. The Labute approximate surface area is 221 Å². The number of hydrogen-bond acceptors (Lipinski definition) is 7. The van der Waals surface area contributed by atoms with Gasteiger partial charge in [-0.1, -0.05) is 32.0 Å². The molecule has 0 saturated heterocycles. The molecule has 37 heavy (non-hydrogen) atoms. The number of benzene rings is 1. The minimum atomic E-state index is -0.840. The number of amidine groups is 1. The summed E-state index contributed by atoms with van der Waals surface area (Å²) >= 11 is 1.42. The van der Waals surface area contributed by atoms with Gasteiger partial charge in [0.1, 0.15) is 23.2 Å². The summed E-state index contributed by atoms with van der Waals surface area (Å²) in [7, 11) is 0. The maximum Gasteiger partial charge on any atom is 0.413 e. The van der Waals surface area contributed by atoms with Crippen molar-refractivity contribution in [2.75, 3.05) is 11.1 Å². The molecular weight excluding hydrogens is 493 g/mol. The summed E-state index contributed by atoms with van der Waals surface area (Å²) < 4.78 is 20.5. The number of nitrogens with one attached hydrogen (secondary N) is 2. The molecule has 0 bridgehead atoms. The highest BCUT2D eigenvalue weighted by atomic mass is 32.2. The number of amides is 2. The monoisotopic (exact) mass is 525 g/mol. The molecule has 2 aromatic rings. The molecule has 196 valence electrons. The van der Waals surface area contributed by atoms with Crippen LogP contribution in [0.2, 0.25) is 0 Å². The average Bonchev–Trinajstić information content (AvgIpc) is 3.29. The van der Waals surface area contributed by atoms with Gasteiger partial charge in [0.05, 0.1) is 11.1 Å². The highest BCUT2D eigenvalue weighted by Gasteiger charge is 2.48. The zero-order chi connectivity index (χ0) is 27.2. The highest BCUT2D eigenvalue weighted by Crippen LogP contribution is 2.52. The van der Waals surface area contributed by atoms with E-state index in [1.807, 2.05) is 19.9 Å². The van der Waals surface area contributed by atoms with Crippen LogP contribution in [0.25, 0.3) is 0 Å². The van der Waals surface area contributed by atoms with Crippen LogP contribution in [-0.2, 0) is 10.3 Å². The Kier molecular flexibility index (Phi) is 8.92. The lowest BCUT2D eigenvalue weighted by molar-refractivity contribution is 0.0563. The maximum atomic E-state index is 15.2. The van der Waals surface area contributed by atoms with E-state index in [4.69, 9.17) is 15.0 Å². The average molecular weight is 526 g/mol. The topological polar surface area (TPSA) is 116 Å². The normalized spacial score (nSPS) is 20.4. The molecule has 0 radical (unpaired) electrons. The first-order chi connectivity index (χ1) is 17.6. The second-order valence-electron chi connectivity index (χ2n) is 9.56. The van der Waals surface area contributed by atoms with E-state index >= 15 is 4.39 Å². The summed E-state index contributed by atoms with van der Waals surface area (Å²) in [4.78, 5) is 33.8. The van der Waals surface area contributed by atoms with Gasteiger partial charge in [0, 0.05) is 23.2 Å². The number of anilines is 1. The van der Waals surface area contributed by atoms with Crippen LogP contribution in [0, 0.1) is 23.1 Å². The molecule has 2 heterocycles. The standard InChI is InChI=1S/C25H26FN5O3S.C2H6/c1-24(2,3)34-23(33)30-22-31-25(10-4-5-16(25)14-35-22)18-11-17(7-8-19(18)26)29-21(32)20-9-6-15(12-27)13-28-20;1-2/h6-9,11,13,16H,4-5,10,14H2,1-3H3,(H,29,32)(H,30,31,33);1-2H3/t16?,25-;/m0./s1. The first-order valence-electron chi connectivity index (χ1n) is 12.3. The SMILES string of the molecule is CC.CC(C)(C)OC(=O)NC1=N[C@@]2(c3cc(NC(=O)c4ccc(C#N)cn4)ccc3F)CCCC2CS1. The summed E-state index contributed by atoms with van der Waals surface area (Å²) in [6.45, 7) is 9.33. The molecule has 2 amide bonds. The van der Waals surface area contributed by atoms with Crippen molar-refractivity contribution in [1.82, 2.24) is 10.3 Å². The number of ether oxygens (including phenoxy) is 1. The van der Waals surface area contributed by atoms with Crippen molar-refractivity contribution in [2.45, 2.75) is 65.0 Å². The van der Waals surface area contributed by atoms with Gasteiger partial charge in [-0.05, 0) is 69.9 Å². The van der Waals surface area contributed by atoms with Crippen LogP contribution >= 0.6 is 11.8 Å². The highest BCUT2D eigenvalue weighted by molar-refractivity contribution is 8.13. The fraction of sp³-hybridized carbons (Fsp3) is 0.444. The van der Waals surface area contributed by atoms with Crippen molar-refractivity contribution in [3.05, 3.63) is 59.2 Å². The van der Waals surface area contributed by atoms with E-state index in [1.54, 1.807) is 26.8 Å². The third kappa shape index (κ3) is 6.66. The predicted molar refractivity (Wildman–Crippen MR) is 143 cm³/mol. The van der Waals surface area contributed by atoms with Crippen LogP contribution in [0.5, 0.6) is 0 Å². The van der Waals surface area contributed by atoms with Gasteiger partial charge >= 0.3 is 6.09 Å². The number of rotatable bonds is 3. The first kappa shape index (κ1) is 28.1. The molecule has 10 heteroatoms. The number of thioether (sulfide) groups is 1. The summed E-state index contributed by atoms with van der Waals surface area (Å²) in [5.41, 5.74) is -0.210. The number of halogens is 1. The number of aromatic nitrogens is 1. The molecule has 2 atom stereocenters. The molecule has 2 N–H and O–H groups in total. The van der Waals surface area contributed by atoms with Crippen LogP contribution in [0.3, 0.4) is 0 Å². The number of fused-ring (bicyclic) bond motifs is 1. The molecule has 1 fully saturated rings. The Bertz CT molecular complexity index is 1220. The minimum Gasteiger partial charge on any atom is -0.444 e. The molecule has 1 unspecified atom stereocenters. The molecule has 1 aromatic heterocycles. The quantitative estimate of drug-likeness (QED) is 0.508. The van der Waals surface area contributed by atoms with Crippen LogP contribution in [0.1, 0.15) is 75.5 Å². The number of pyridine rings is 1. The third-order valence-electron chi connectivity index (χ3n) is 5.93. The van der Waals surface area contributed by atoms with E-state index in [-0.39, 0.29) is 11.6 Å². The lowest BCUT2D eigenvalue weighted by atomic mass is 9.81. The second-order valence-corrected chi connectivity index (χ2v) is 10.6. The van der Waals surface area contributed by atoms with Crippen molar-refractivity contribution in [3.8, 4) is 6.07 Å². The molecular formula is C27H32FN5O3S. The van der Waals surface area contributed by atoms with E-state index in [0.717, 1.165) is 12.8 Å². The largest absolute Gasteiger partial charge is 0.444 e. The first-order valence-corrected chi connectivity index (χ1v) is 13.3. The molecule has 1 saturated carbocycles. The fourth-order valence-corrected chi connectivity index (χ4v) is 5.60. The van der Waals surface area contributed by atoms with Crippen molar-refractivity contribution in [1.29, 1.82) is 5.26 Å². The summed E-state index contributed by atoms with van der Waals surface area (Å²) in [5.74, 6) is -0.113. The summed E-state index contributed by atoms with van der Waals surface area (Å²) in [6, 6.07) is 9.34. The van der Waals surface area contributed by atoms with Gasteiger partial charge < -0.3 is 10.1 Å². The van der Waals surface area contributed by atoms with Crippen molar-refractivity contribution < 1.29 is 18.7 Å². The molecule has 1 aliphatic carbocycles. The van der Waals surface area contributed by atoms with Gasteiger partial charge in [-0.15, -0.1) is 0 Å². The maximum absolute atomic E-state index is 15.2. The number of aliphatic imine (C=N–C) groups is 1. The van der Waals surface area contributed by atoms with Gasteiger partial charge in [0.15, 0.2) is 5.17 Å². The molecule has 0 spiro atoms. The molecule has 1 aliphatic heterocycles. The smallest absolute Gasteiger partial charge is 0.413 e. The van der Waals surface area contributed by atoms with Gasteiger partial charge in [-0.2, -0.15) is 5.26 Å². The van der Waals surface area contributed by atoms with Crippen molar-refractivity contribution >= 4 is 34.6 Å². The lowest BCUT2D eigenvalue weighted by Crippen LogP contribution is -2.42. The van der Waals surface area contributed by atoms with Crippen molar-refractivity contribution in [3.63, 3.8) is 0 Å². The van der Waals surface area contributed by atoms with Gasteiger partial charge in [-0.25, -0.2) is 14.2 Å². The summed E-state index contributed by atoms with van der Waals surface area (Å²) in [6.07, 6.45) is 3.11. The number of carbonyl (C=O) groups excluding carboxylic acids is 2. The van der Waals surface area contributed by atoms with E-state index in [0.29, 0.717) is 34.2 Å². The minimum absolute atomic E-state index is 0.0948. The molecule has 4 rings (SSSR count). The number of nitriles is 1. The van der Waals surface area contributed by atoms with Crippen LogP contribution < -0.4 is 10.6 Å². The van der Waals surface area contributed by atoms with E-state index < -0.39 is 29.0 Å². The molecule has 1 aromatic carbocycles. The van der Waals surface area contributed by atoms with Crippen LogP contribution in [0.15, 0.2) is 41.5 Å². The lowest BCUT2D eigenvalue weighted by Gasteiger charge is -2.37. The Morgan fingerprint density at radius 3 is 2.62 bits per heavy atom. The van der Waals surface area contributed by atoms with Crippen LogP contribution in [-0.4, -0.2) is 33.5 Å². The Morgan fingerprint density at radius 2 is 1.97 bits per heavy atom. The fourth-order valence-electron chi connectivity index (χ4n) is 4.42. The molecule has 2 aliphatic rings. The van der Waals surface area contributed by atoms with Gasteiger partial charge in [0.25, 0.3) is 5.91 Å². The van der Waals surface area contributed by atoms with Gasteiger partial charge in [0.2, 0.25) is 0 Å². The number of hydrogen-bond donors (Lipinski definition) is 2. The summed E-state index contributed by atoms with van der Waals surface area (Å²) in [5, 5.41) is 14.8. The Morgan fingerprint density at radius 1 is 1.22 bits per heavy atom. The number of alkyl carbamates (subject to hydrolysis) is 1. The van der Waals surface area contributed by atoms with Crippen molar-refractivity contribution in [2.24, 2.45) is 10.9 Å². The zero-order valence-electron chi connectivity index (χ0n) is 21.7.